The molecule has 8 nitrogen and oxygen atoms in total. The fourth-order valence-electron chi connectivity index (χ4n) is 2.67. The topological polar surface area (TPSA) is 123 Å². The van der Waals surface area contributed by atoms with Gasteiger partial charge in [-0.15, -0.1) is 13.2 Å². The summed E-state index contributed by atoms with van der Waals surface area (Å²) in [5.74, 6) is -2.90. The van der Waals surface area contributed by atoms with E-state index in [1.807, 2.05) is 5.32 Å². The van der Waals surface area contributed by atoms with E-state index in [2.05, 4.69) is 10.1 Å². The molecule has 0 spiro atoms. The van der Waals surface area contributed by atoms with Gasteiger partial charge in [0.25, 0.3) is 0 Å². The Hall–Kier alpha value is -2.58. The first kappa shape index (κ1) is 28.5. The highest BCUT2D eigenvalue weighted by Gasteiger charge is 2.45. The van der Waals surface area contributed by atoms with Gasteiger partial charge in [0.1, 0.15) is 17.8 Å². The molecule has 0 aliphatic rings. The second-order valence-electron chi connectivity index (χ2n) is 7.34. The van der Waals surface area contributed by atoms with Gasteiger partial charge in [-0.2, -0.15) is 13.2 Å². The van der Waals surface area contributed by atoms with E-state index in [-0.39, 0.29) is 5.56 Å². The molecular weight excluding hydrogens is 464 g/mol. The number of halogens is 6. The van der Waals surface area contributed by atoms with E-state index < -0.39 is 61.1 Å². The first-order chi connectivity index (χ1) is 15.1. The summed E-state index contributed by atoms with van der Waals surface area (Å²) >= 11 is 0. The van der Waals surface area contributed by atoms with E-state index in [4.69, 9.17) is 10.5 Å². The standard InChI is InChI=1S/C19H25F6N3O5/c1-9(2)13(15(29)18(20,21)22)27-17(31)14(10-4-6-11(32-3)7-5-10)28-16(30)12(26)8-33-19(23,24)25/h4-7,9,12-15,29H,8,26H2,1-3H3,(H,27,31)(H,28,30). The van der Waals surface area contributed by atoms with Crippen LogP contribution in [0.25, 0.3) is 0 Å². The summed E-state index contributed by atoms with van der Waals surface area (Å²) in [6, 6.07) is 0.121. The van der Waals surface area contributed by atoms with Crippen LogP contribution in [0.2, 0.25) is 0 Å². The molecule has 4 unspecified atom stereocenters. The smallest absolute Gasteiger partial charge is 0.497 e. The van der Waals surface area contributed by atoms with Gasteiger partial charge >= 0.3 is 12.5 Å². The highest BCUT2D eigenvalue weighted by atomic mass is 19.4. The number of aliphatic hydroxyl groups excluding tert-OH is 1. The molecule has 0 radical (unpaired) electrons. The molecule has 0 fully saturated rings. The Balaban J connectivity index is 3.15. The summed E-state index contributed by atoms with van der Waals surface area (Å²) in [4.78, 5) is 25.1. The Labute approximate surface area is 185 Å². The van der Waals surface area contributed by atoms with Crippen molar-refractivity contribution in [1.29, 1.82) is 0 Å². The molecule has 0 aliphatic carbocycles. The van der Waals surface area contributed by atoms with Gasteiger partial charge in [-0.1, -0.05) is 26.0 Å². The second kappa shape index (κ2) is 11.5. The van der Waals surface area contributed by atoms with Crippen molar-refractivity contribution < 1.29 is 50.5 Å². The van der Waals surface area contributed by atoms with Crippen LogP contribution in [0.5, 0.6) is 5.75 Å². The zero-order valence-electron chi connectivity index (χ0n) is 17.8. The van der Waals surface area contributed by atoms with E-state index >= 15 is 0 Å². The summed E-state index contributed by atoms with van der Waals surface area (Å²) in [6.45, 7) is 1.39. The molecule has 14 heteroatoms. The molecule has 0 aliphatic heterocycles. The summed E-state index contributed by atoms with van der Waals surface area (Å²) in [5, 5.41) is 13.8. The van der Waals surface area contributed by atoms with Gasteiger partial charge in [0.2, 0.25) is 11.8 Å². The number of aliphatic hydroxyl groups is 1. The fraction of sp³-hybridized carbons (Fsp3) is 0.579. The normalized spacial score (nSPS) is 16.0. The number of methoxy groups -OCH3 is 1. The maximum absolute atomic E-state index is 13.0. The van der Waals surface area contributed by atoms with E-state index in [0.29, 0.717) is 5.75 Å². The lowest BCUT2D eigenvalue weighted by molar-refractivity contribution is -0.325. The third kappa shape index (κ3) is 9.06. The zero-order chi connectivity index (χ0) is 25.6. The van der Waals surface area contributed by atoms with Crippen LogP contribution in [0.15, 0.2) is 24.3 Å². The molecular formula is C19H25F6N3O5. The molecule has 1 aromatic carbocycles. The van der Waals surface area contributed by atoms with Gasteiger partial charge in [-0.05, 0) is 23.6 Å². The quantitative estimate of drug-likeness (QED) is 0.372. The highest BCUT2D eigenvalue weighted by Crippen LogP contribution is 2.26. The van der Waals surface area contributed by atoms with Crippen molar-refractivity contribution in [2.24, 2.45) is 11.7 Å². The first-order valence-corrected chi connectivity index (χ1v) is 9.52. The molecule has 4 atom stereocenters. The number of nitrogens with one attached hydrogen (secondary N) is 2. The number of amides is 2. The van der Waals surface area contributed by atoms with Gasteiger partial charge < -0.3 is 26.2 Å². The summed E-state index contributed by atoms with van der Waals surface area (Å²) < 4.78 is 84.1. The lowest BCUT2D eigenvalue weighted by atomic mass is 9.96. The number of carbonyl (C=O) groups is 2. The maximum Gasteiger partial charge on any atom is 0.522 e. The predicted molar refractivity (Wildman–Crippen MR) is 103 cm³/mol. The van der Waals surface area contributed by atoms with Crippen LogP contribution in [0.3, 0.4) is 0 Å². The summed E-state index contributed by atoms with van der Waals surface area (Å²) in [5.41, 5.74) is 5.44. The number of ether oxygens (including phenoxy) is 2. The lowest BCUT2D eigenvalue weighted by Crippen LogP contribution is -2.56. The Morgan fingerprint density at radius 2 is 1.58 bits per heavy atom. The van der Waals surface area contributed by atoms with Crippen LogP contribution in [-0.4, -0.2) is 61.4 Å². The molecule has 5 N–H and O–H groups in total. The number of alkyl halides is 6. The predicted octanol–water partition coefficient (Wildman–Crippen LogP) is 1.78. The van der Waals surface area contributed by atoms with Crippen LogP contribution in [0.1, 0.15) is 25.5 Å². The van der Waals surface area contributed by atoms with E-state index in [1.165, 1.54) is 45.2 Å². The lowest BCUT2D eigenvalue weighted by Gasteiger charge is -2.31. The number of carbonyl (C=O) groups excluding carboxylic acids is 2. The van der Waals surface area contributed by atoms with Crippen molar-refractivity contribution in [3.8, 4) is 5.75 Å². The van der Waals surface area contributed by atoms with Crippen LogP contribution in [-0.2, 0) is 14.3 Å². The fourth-order valence-corrected chi connectivity index (χ4v) is 2.67. The molecule has 2 amide bonds. The van der Waals surface area contributed by atoms with Crippen molar-refractivity contribution in [3.05, 3.63) is 29.8 Å². The third-order valence-corrected chi connectivity index (χ3v) is 4.46. The zero-order valence-corrected chi connectivity index (χ0v) is 17.8. The van der Waals surface area contributed by atoms with Gasteiger partial charge in [-0.25, -0.2) is 0 Å². The number of benzene rings is 1. The first-order valence-electron chi connectivity index (χ1n) is 9.52. The van der Waals surface area contributed by atoms with Gasteiger partial charge in [0.05, 0.1) is 19.8 Å². The average molecular weight is 489 g/mol. The van der Waals surface area contributed by atoms with Crippen LogP contribution in [0.4, 0.5) is 26.3 Å². The van der Waals surface area contributed by atoms with Gasteiger partial charge in [0.15, 0.2) is 6.10 Å². The molecule has 0 heterocycles. The van der Waals surface area contributed by atoms with Gasteiger partial charge in [-0.3, -0.25) is 14.3 Å². The van der Waals surface area contributed by atoms with Gasteiger partial charge in [0, 0.05) is 0 Å². The number of hydrogen-bond acceptors (Lipinski definition) is 6. The molecule has 1 aromatic rings. The monoisotopic (exact) mass is 489 g/mol. The summed E-state index contributed by atoms with van der Waals surface area (Å²) in [6.07, 6.45) is -13.0. The molecule has 0 saturated carbocycles. The largest absolute Gasteiger partial charge is 0.522 e. The van der Waals surface area contributed by atoms with Crippen molar-refractivity contribution in [2.45, 2.75) is 50.6 Å². The van der Waals surface area contributed by atoms with Crippen molar-refractivity contribution in [3.63, 3.8) is 0 Å². The Bertz CT molecular complexity index is 786. The number of nitrogens with two attached hydrogens (primary N) is 1. The van der Waals surface area contributed by atoms with Crippen LogP contribution in [0, 0.1) is 5.92 Å². The van der Waals surface area contributed by atoms with E-state index in [1.54, 1.807) is 0 Å². The number of hydrogen-bond donors (Lipinski definition) is 4. The molecule has 188 valence electrons. The highest BCUT2D eigenvalue weighted by molar-refractivity contribution is 5.90. The summed E-state index contributed by atoms with van der Waals surface area (Å²) in [7, 11) is 1.35. The Kier molecular flexibility index (Phi) is 9.93. The molecule has 0 bridgehead atoms. The SMILES string of the molecule is COc1ccc(C(NC(=O)C(N)COC(F)(F)F)C(=O)NC(C(C)C)C(O)C(F)(F)F)cc1. The minimum absolute atomic E-state index is 0.0644. The third-order valence-electron chi connectivity index (χ3n) is 4.46. The number of rotatable bonds is 10. The second-order valence-corrected chi connectivity index (χ2v) is 7.34. The Morgan fingerprint density at radius 1 is 1.03 bits per heavy atom. The molecule has 0 aromatic heterocycles. The van der Waals surface area contributed by atoms with Crippen molar-refractivity contribution in [2.75, 3.05) is 13.7 Å². The average Bonchev–Trinajstić information content (AvgIpc) is 2.71. The maximum atomic E-state index is 13.0. The van der Waals surface area contributed by atoms with Crippen molar-refractivity contribution in [1.82, 2.24) is 10.6 Å². The molecule has 33 heavy (non-hydrogen) atoms. The minimum atomic E-state index is -5.05. The molecule has 0 saturated heterocycles. The minimum Gasteiger partial charge on any atom is -0.497 e. The van der Waals surface area contributed by atoms with E-state index in [0.717, 1.165) is 0 Å². The van der Waals surface area contributed by atoms with Crippen LogP contribution >= 0.6 is 0 Å². The molecule has 1 rings (SSSR count). The Morgan fingerprint density at radius 3 is 2.00 bits per heavy atom. The van der Waals surface area contributed by atoms with Crippen molar-refractivity contribution >= 4 is 11.8 Å². The van der Waals surface area contributed by atoms with Crippen LogP contribution < -0.4 is 21.1 Å². The van der Waals surface area contributed by atoms with E-state index in [9.17, 15) is 41.0 Å².